The molecule has 2 aliphatic rings. The fourth-order valence-corrected chi connectivity index (χ4v) is 4.55. The minimum absolute atomic E-state index is 0.0206. The number of anilines is 1. The quantitative estimate of drug-likeness (QED) is 0.668. The van der Waals surface area contributed by atoms with E-state index < -0.39 is 0 Å². The molecule has 2 fully saturated rings. The van der Waals surface area contributed by atoms with Crippen LogP contribution in [-0.4, -0.2) is 60.2 Å². The maximum absolute atomic E-state index is 13.2. The van der Waals surface area contributed by atoms with Crippen LogP contribution in [-0.2, 0) is 16.0 Å². The fourth-order valence-electron chi connectivity index (χ4n) is 4.39. The molecule has 0 spiro atoms. The molecule has 2 aromatic rings. The van der Waals surface area contributed by atoms with Crippen LogP contribution in [0, 0.1) is 0 Å². The zero-order valence-corrected chi connectivity index (χ0v) is 18.9. The van der Waals surface area contributed by atoms with Crippen molar-refractivity contribution >= 4 is 35.0 Å². The van der Waals surface area contributed by atoms with Crippen LogP contribution < -0.4 is 4.90 Å². The number of hydrogen-bond acceptors (Lipinski definition) is 3. The van der Waals surface area contributed by atoms with Crippen LogP contribution in [0.25, 0.3) is 0 Å². The van der Waals surface area contributed by atoms with Gasteiger partial charge in [-0.25, -0.2) is 0 Å². The molecule has 0 bridgehead atoms. The van der Waals surface area contributed by atoms with Crippen molar-refractivity contribution < 1.29 is 14.4 Å². The summed E-state index contributed by atoms with van der Waals surface area (Å²) < 4.78 is 0. The lowest BCUT2D eigenvalue weighted by Crippen LogP contribution is -2.50. The van der Waals surface area contributed by atoms with Crippen LogP contribution in [0.15, 0.2) is 48.5 Å². The lowest BCUT2D eigenvalue weighted by atomic mass is 10.1. The highest BCUT2D eigenvalue weighted by Crippen LogP contribution is 2.30. The molecule has 0 aromatic heterocycles. The van der Waals surface area contributed by atoms with Gasteiger partial charge in [-0.1, -0.05) is 41.9 Å². The standard InChI is InChI=1S/C25H28ClN3O3/c26-20-11-12-21(22(18-20)29-13-5-10-24(29)31)25(32)28-16-14-27(15-17-28)23(30)9-4-8-19-6-2-1-3-7-19/h1-3,6-7,11-12,18H,4-5,8-10,13-17H2. The summed E-state index contributed by atoms with van der Waals surface area (Å²) in [6.07, 6.45) is 3.50. The lowest BCUT2D eigenvalue weighted by molar-refractivity contribution is -0.132. The summed E-state index contributed by atoms with van der Waals surface area (Å²) >= 11 is 6.16. The predicted octanol–water partition coefficient (Wildman–Crippen LogP) is 3.77. The zero-order chi connectivity index (χ0) is 22.5. The average Bonchev–Trinajstić information content (AvgIpc) is 3.25. The van der Waals surface area contributed by atoms with Gasteiger partial charge in [0.05, 0.1) is 11.3 Å². The van der Waals surface area contributed by atoms with Gasteiger partial charge in [0.15, 0.2) is 0 Å². The topological polar surface area (TPSA) is 60.9 Å². The van der Waals surface area contributed by atoms with Gasteiger partial charge in [-0.2, -0.15) is 0 Å². The third-order valence-corrected chi connectivity index (χ3v) is 6.41. The summed E-state index contributed by atoms with van der Waals surface area (Å²) in [5.74, 6) is 0.0441. The molecule has 0 radical (unpaired) electrons. The monoisotopic (exact) mass is 453 g/mol. The van der Waals surface area contributed by atoms with E-state index in [0.717, 1.165) is 19.3 Å². The van der Waals surface area contributed by atoms with Crippen molar-refractivity contribution in [3.8, 4) is 0 Å². The first-order valence-corrected chi connectivity index (χ1v) is 11.6. The first kappa shape index (κ1) is 22.3. The molecule has 32 heavy (non-hydrogen) atoms. The molecule has 7 heteroatoms. The Morgan fingerprint density at radius 1 is 0.906 bits per heavy atom. The molecule has 3 amide bonds. The molecule has 2 heterocycles. The van der Waals surface area contributed by atoms with Crippen molar-refractivity contribution in [3.05, 3.63) is 64.7 Å². The Balaban J connectivity index is 1.33. The molecule has 4 rings (SSSR count). The molecular formula is C25H28ClN3O3. The number of nitrogens with zero attached hydrogens (tertiary/aromatic N) is 3. The second kappa shape index (κ2) is 10.2. The Hall–Kier alpha value is -2.86. The summed E-state index contributed by atoms with van der Waals surface area (Å²) in [6.45, 7) is 2.63. The van der Waals surface area contributed by atoms with E-state index in [9.17, 15) is 14.4 Å². The maximum Gasteiger partial charge on any atom is 0.256 e. The van der Waals surface area contributed by atoms with Gasteiger partial charge in [-0.15, -0.1) is 0 Å². The predicted molar refractivity (Wildman–Crippen MR) is 125 cm³/mol. The number of hydrogen-bond donors (Lipinski definition) is 0. The Labute approximate surface area is 193 Å². The lowest BCUT2D eigenvalue weighted by Gasteiger charge is -2.35. The second-order valence-corrected chi connectivity index (χ2v) is 8.76. The number of benzene rings is 2. The molecule has 0 aliphatic carbocycles. The zero-order valence-electron chi connectivity index (χ0n) is 18.1. The van der Waals surface area contributed by atoms with Gasteiger partial charge in [0.2, 0.25) is 11.8 Å². The summed E-state index contributed by atoms with van der Waals surface area (Å²) in [5.41, 5.74) is 2.32. The minimum Gasteiger partial charge on any atom is -0.339 e. The van der Waals surface area contributed by atoms with Gasteiger partial charge in [0.25, 0.3) is 5.91 Å². The first-order chi connectivity index (χ1) is 15.5. The highest BCUT2D eigenvalue weighted by molar-refractivity contribution is 6.31. The van der Waals surface area contributed by atoms with Crippen molar-refractivity contribution in [1.29, 1.82) is 0 Å². The second-order valence-electron chi connectivity index (χ2n) is 8.32. The van der Waals surface area contributed by atoms with Crippen molar-refractivity contribution in [1.82, 2.24) is 9.80 Å². The van der Waals surface area contributed by atoms with Crippen LogP contribution in [0.4, 0.5) is 5.69 Å². The highest BCUT2D eigenvalue weighted by atomic mass is 35.5. The summed E-state index contributed by atoms with van der Waals surface area (Å²) in [6, 6.07) is 15.3. The average molecular weight is 454 g/mol. The van der Waals surface area contributed by atoms with E-state index in [-0.39, 0.29) is 17.7 Å². The Morgan fingerprint density at radius 2 is 1.62 bits per heavy atom. The van der Waals surface area contributed by atoms with E-state index in [1.165, 1.54) is 5.56 Å². The van der Waals surface area contributed by atoms with Crippen molar-refractivity contribution in [2.75, 3.05) is 37.6 Å². The van der Waals surface area contributed by atoms with Gasteiger partial charge < -0.3 is 14.7 Å². The maximum atomic E-state index is 13.2. The molecule has 2 saturated heterocycles. The Bertz CT molecular complexity index is 987. The minimum atomic E-state index is -0.118. The molecule has 0 saturated carbocycles. The largest absolute Gasteiger partial charge is 0.339 e. The normalized spacial score (nSPS) is 16.5. The van der Waals surface area contributed by atoms with Crippen molar-refractivity contribution in [2.24, 2.45) is 0 Å². The smallest absolute Gasteiger partial charge is 0.256 e. The van der Waals surface area contributed by atoms with E-state index in [1.54, 1.807) is 28.0 Å². The number of aryl methyl sites for hydroxylation is 1. The number of piperazine rings is 1. The van der Waals surface area contributed by atoms with Gasteiger partial charge >= 0.3 is 0 Å². The number of carbonyl (C=O) groups is 3. The van der Waals surface area contributed by atoms with Crippen LogP contribution >= 0.6 is 11.6 Å². The molecule has 2 aromatic carbocycles. The summed E-state index contributed by atoms with van der Waals surface area (Å²) in [5, 5.41) is 0.502. The first-order valence-electron chi connectivity index (χ1n) is 11.2. The molecule has 0 atom stereocenters. The molecule has 0 unspecified atom stereocenters. The molecule has 0 N–H and O–H groups in total. The third kappa shape index (κ3) is 5.13. The summed E-state index contributed by atoms with van der Waals surface area (Å²) in [4.78, 5) is 43.4. The summed E-state index contributed by atoms with van der Waals surface area (Å²) in [7, 11) is 0. The third-order valence-electron chi connectivity index (χ3n) is 6.17. The SMILES string of the molecule is O=C(CCCc1ccccc1)N1CCN(C(=O)c2ccc(Cl)cc2N2CCCC2=O)CC1. The van der Waals surface area contributed by atoms with Crippen LogP contribution in [0.5, 0.6) is 0 Å². The van der Waals surface area contributed by atoms with Crippen molar-refractivity contribution in [3.63, 3.8) is 0 Å². The molecule has 6 nitrogen and oxygen atoms in total. The highest BCUT2D eigenvalue weighted by Gasteiger charge is 2.30. The van der Waals surface area contributed by atoms with Crippen molar-refractivity contribution in [2.45, 2.75) is 32.1 Å². The number of halogens is 1. The van der Waals surface area contributed by atoms with Crippen LogP contribution in [0.3, 0.4) is 0 Å². The molecule has 2 aliphatic heterocycles. The van der Waals surface area contributed by atoms with Gasteiger partial charge in [-0.05, 0) is 43.0 Å². The van der Waals surface area contributed by atoms with E-state index >= 15 is 0 Å². The van der Waals surface area contributed by atoms with Crippen LogP contribution in [0.2, 0.25) is 5.02 Å². The van der Waals surface area contributed by atoms with Gasteiger partial charge in [-0.3, -0.25) is 14.4 Å². The van der Waals surface area contributed by atoms with E-state index in [2.05, 4.69) is 12.1 Å². The Kier molecular flexibility index (Phi) is 7.10. The van der Waals surface area contributed by atoms with E-state index in [4.69, 9.17) is 11.6 Å². The number of amides is 3. The van der Waals surface area contributed by atoms with E-state index in [0.29, 0.717) is 61.8 Å². The fraction of sp³-hybridized carbons (Fsp3) is 0.400. The van der Waals surface area contributed by atoms with Gasteiger partial charge in [0.1, 0.15) is 0 Å². The number of carbonyl (C=O) groups excluding carboxylic acids is 3. The molecular weight excluding hydrogens is 426 g/mol. The van der Waals surface area contributed by atoms with Gasteiger partial charge in [0, 0.05) is 50.6 Å². The van der Waals surface area contributed by atoms with Crippen LogP contribution in [0.1, 0.15) is 41.6 Å². The Morgan fingerprint density at radius 3 is 2.31 bits per heavy atom. The number of rotatable bonds is 6. The van der Waals surface area contributed by atoms with E-state index in [1.807, 2.05) is 23.1 Å². The molecule has 168 valence electrons.